The van der Waals surface area contributed by atoms with Crippen LogP contribution in [0, 0.1) is 0 Å². The third-order valence-corrected chi connectivity index (χ3v) is 7.83. The van der Waals surface area contributed by atoms with E-state index in [0.717, 1.165) is 21.5 Å². The zero-order valence-electron chi connectivity index (χ0n) is 21.2. The van der Waals surface area contributed by atoms with Gasteiger partial charge in [-0.15, -0.1) is 0 Å². The first kappa shape index (κ1) is 23.5. The Morgan fingerprint density at radius 3 is 1.82 bits per heavy atom. The fourth-order valence-corrected chi connectivity index (χ4v) is 5.69. The molecule has 3 heteroatoms. The second kappa shape index (κ2) is 9.94. The van der Waals surface area contributed by atoms with Crippen LogP contribution in [0.1, 0.15) is 0 Å². The Bertz CT molecular complexity index is 1890. The number of halogens is 1. The number of nitrogens with zero attached hydrogens (tertiary/aromatic N) is 2. The highest BCUT2D eigenvalue weighted by molar-refractivity contribution is 9.10. The molecule has 186 valence electrons. The molecule has 0 saturated carbocycles. The minimum atomic E-state index is 1.09. The van der Waals surface area contributed by atoms with Crippen molar-refractivity contribution in [2.24, 2.45) is 0 Å². The van der Waals surface area contributed by atoms with Gasteiger partial charge in [0.2, 0.25) is 0 Å². The first-order chi connectivity index (χ1) is 19.3. The van der Waals surface area contributed by atoms with E-state index in [9.17, 15) is 0 Å². The van der Waals surface area contributed by atoms with Crippen molar-refractivity contribution in [2.45, 2.75) is 0 Å². The Kier molecular flexibility index (Phi) is 5.99. The number of fused-ring (bicyclic) bond motifs is 3. The lowest BCUT2D eigenvalue weighted by molar-refractivity contribution is 1.13. The maximum absolute atomic E-state index is 3.54. The minimum Gasteiger partial charge on any atom is -0.317 e. The molecule has 39 heavy (non-hydrogen) atoms. The van der Waals surface area contributed by atoms with E-state index >= 15 is 0 Å². The predicted octanol–water partition coefficient (Wildman–Crippen LogP) is 10.7. The fraction of sp³-hybridized carbons (Fsp3) is 0. The van der Waals surface area contributed by atoms with Crippen molar-refractivity contribution in [3.05, 3.63) is 156 Å². The Morgan fingerprint density at radius 1 is 0.462 bits per heavy atom. The normalized spacial score (nSPS) is 11.2. The van der Waals surface area contributed by atoms with Gasteiger partial charge in [-0.1, -0.05) is 94.8 Å². The Morgan fingerprint density at radius 2 is 1.10 bits per heavy atom. The van der Waals surface area contributed by atoms with Gasteiger partial charge in [-0.25, -0.2) is 0 Å². The number of hydrogen-bond donors (Lipinski definition) is 0. The van der Waals surface area contributed by atoms with E-state index in [4.69, 9.17) is 0 Å². The van der Waals surface area contributed by atoms with Gasteiger partial charge in [0.05, 0.1) is 11.2 Å². The number of benzene rings is 6. The molecule has 7 rings (SSSR count). The van der Waals surface area contributed by atoms with Gasteiger partial charge in [-0.3, -0.25) is 0 Å². The lowest BCUT2D eigenvalue weighted by atomic mass is 10.0. The summed E-state index contributed by atoms with van der Waals surface area (Å²) in [5, 5.41) is 3.71. The molecule has 0 atom stereocenters. The summed E-state index contributed by atoms with van der Waals surface area (Å²) < 4.78 is 3.35. The van der Waals surface area contributed by atoms with Gasteiger partial charge >= 0.3 is 0 Å². The summed E-state index contributed by atoms with van der Waals surface area (Å²) in [7, 11) is 0. The second-order valence-electron chi connectivity index (χ2n) is 9.62. The van der Waals surface area contributed by atoms with Gasteiger partial charge < -0.3 is 9.47 Å². The van der Waals surface area contributed by atoms with Gasteiger partial charge in [0.1, 0.15) is 0 Å². The second-order valence-corrected chi connectivity index (χ2v) is 10.5. The molecule has 0 aliphatic heterocycles. The molecule has 0 saturated heterocycles. The van der Waals surface area contributed by atoms with Gasteiger partial charge in [0, 0.05) is 38.5 Å². The standard InChI is InChI=1S/C36H25BrN2/c37-28-18-14-26(15-19-28)27-16-20-31(21-17-27)39(30-10-5-2-6-11-30)36-13-7-12-32-33(36)22-23-35-34(32)24-25-38(35)29-8-3-1-4-9-29/h1-25H. The van der Waals surface area contributed by atoms with E-state index in [1.54, 1.807) is 0 Å². The molecule has 1 aromatic heterocycles. The smallest absolute Gasteiger partial charge is 0.0540 e. The SMILES string of the molecule is Brc1ccc(-c2ccc(N(c3ccccc3)c3cccc4c3ccc3c4ccn3-c3ccccc3)cc2)cc1. The van der Waals surface area contributed by atoms with Crippen LogP contribution >= 0.6 is 15.9 Å². The van der Waals surface area contributed by atoms with Crippen molar-refractivity contribution in [1.82, 2.24) is 4.57 Å². The van der Waals surface area contributed by atoms with E-state index in [0.29, 0.717) is 0 Å². The summed E-state index contributed by atoms with van der Waals surface area (Å²) >= 11 is 3.54. The minimum absolute atomic E-state index is 1.09. The summed E-state index contributed by atoms with van der Waals surface area (Å²) in [5.74, 6) is 0. The van der Waals surface area contributed by atoms with E-state index in [-0.39, 0.29) is 0 Å². The molecule has 7 aromatic rings. The number of rotatable bonds is 5. The van der Waals surface area contributed by atoms with Crippen molar-refractivity contribution >= 4 is 54.7 Å². The third kappa shape index (κ3) is 4.31. The zero-order valence-corrected chi connectivity index (χ0v) is 22.8. The van der Waals surface area contributed by atoms with Crippen LogP contribution in [0.4, 0.5) is 17.1 Å². The highest BCUT2D eigenvalue weighted by Gasteiger charge is 2.17. The van der Waals surface area contributed by atoms with Crippen LogP contribution in [-0.2, 0) is 0 Å². The lowest BCUT2D eigenvalue weighted by Crippen LogP contribution is -2.10. The van der Waals surface area contributed by atoms with Crippen LogP contribution < -0.4 is 4.90 Å². The average molecular weight is 566 g/mol. The molecule has 6 aromatic carbocycles. The number of aromatic nitrogens is 1. The largest absolute Gasteiger partial charge is 0.317 e. The first-order valence-electron chi connectivity index (χ1n) is 13.1. The van der Waals surface area contributed by atoms with E-state index in [2.05, 4.69) is 177 Å². The summed E-state index contributed by atoms with van der Waals surface area (Å²) in [6.07, 6.45) is 2.17. The first-order valence-corrected chi connectivity index (χ1v) is 13.8. The van der Waals surface area contributed by atoms with Gasteiger partial charge in [0.25, 0.3) is 0 Å². The Labute approximate surface area is 236 Å². The predicted molar refractivity (Wildman–Crippen MR) is 169 cm³/mol. The molecular weight excluding hydrogens is 540 g/mol. The maximum Gasteiger partial charge on any atom is 0.0540 e. The summed E-state index contributed by atoms with van der Waals surface area (Å²) in [6.45, 7) is 0. The van der Waals surface area contributed by atoms with Crippen molar-refractivity contribution in [1.29, 1.82) is 0 Å². The molecule has 0 spiro atoms. The summed E-state index contributed by atoms with van der Waals surface area (Å²) in [6, 6.07) is 51.8. The summed E-state index contributed by atoms with van der Waals surface area (Å²) in [4.78, 5) is 2.35. The molecule has 1 heterocycles. The van der Waals surface area contributed by atoms with Gasteiger partial charge in [0.15, 0.2) is 0 Å². The molecule has 0 aliphatic carbocycles. The van der Waals surface area contributed by atoms with E-state index in [1.807, 2.05) is 0 Å². The fourth-order valence-electron chi connectivity index (χ4n) is 5.43. The van der Waals surface area contributed by atoms with Crippen molar-refractivity contribution in [2.75, 3.05) is 4.90 Å². The molecular formula is C36H25BrN2. The van der Waals surface area contributed by atoms with Crippen molar-refractivity contribution < 1.29 is 0 Å². The average Bonchev–Trinajstić information content (AvgIpc) is 3.44. The van der Waals surface area contributed by atoms with Gasteiger partial charge in [-0.2, -0.15) is 0 Å². The zero-order chi connectivity index (χ0) is 26.2. The van der Waals surface area contributed by atoms with Crippen LogP contribution in [-0.4, -0.2) is 4.57 Å². The van der Waals surface area contributed by atoms with E-state index in [1.165, 1.54) is 38.5 Å². The van der Waals surface area contributed by atoms with Crippen LogP contribution in [0.3, 0.4) is 0 Å². The highest BCUT2D eigenvalue weighted by Crippen LogP contribution is 2.41. The molecule has 2 nitrogen and oxygen atoms in total. The summed E-state index contributed by atoms with van der Waals surface area (Å²) in [5.41, 5.74) is 8.17. The molecule has 0 aliphatic rings. The Balaban J connectivity index is 1.38. The van der Waals surface area contributed by atoms with Crippen molar-refractivity contribution in [3.63, 3.8) is 0 Å². The van der Waals surface area contributed by atoms with E-state index < -0.39 is 0 Å². The topological polar surface area (TPSA) is 8.17 Å². The molecule has 0 N–H and O–H groups in total. The van der Waals surface area contributed by atoms with Crippen LogP contribution in [0.2, 0.25) is 0 Å². The number of anilines is 3. The number of hydrogen-bond acceptors (Lipinski definition) is 1. The quantitative estimate of drug-likeness (QED) is 0.202. The number of para-hydroxylation sites is 2. The Hall–Kier alpha value is -4.60. The van der Waals surface area contributed by atoms with Gasteiger partial charge in [-0.05, 0) is 83.2 Å². The molecule has 0 bridgehead atoms. The molecule has 0 radical (unpaired) electrons. The van der Waals surface area contributed by atoms with Crippen LogP contribution in [0.25, 0.3) is 38.5 Å². The van der Waals surface area contributed by atoms with Crippen LogP contribution in [0.15, 0.2) is 156 Å². The maximum atomic E-state index is 3.54. The third-order valence-electron chi connectivity index (χ3n) is 7.30. The molecule has 0 unspecified atom stereocenters. The van der Waals surface area contributed by atoms with Crippen LogP contribution in [0.5, 0.6) is 0 Å². The molecule has 0 amide bonds. The molecule has 0 fully saturated rings. The monoisotopic (exact) mass is 564 g/mol. The highest BCUT2D eigenvalue weighted by atomic mass is 79.9. The van der Waals surface area contributed by atoms with Crippen molar-refractivity contribution in [3.8, 4) is 16.8 Å². The lowest BCUT2D eigenvalue weighted by Gasteiger charge is -2.27.